The summed E-state index contributed by atoms with van der Waals surface area (Å²) in [5.74, 6) is 0.675. The number of thiazole rings is 1. The summed E-state index contributed by atoms with van der Waals surface area (Å²) >= 11 is 1.75. The molecule has 0 unspecified atom stereocenters. The maximum absolute atomic E-state index is 11.9. The Morgan fingerprint density at radius 1 is 1.17 bits per heavy atom. The van der Waals surface area contributed by atoms with Gasteiger partial charge in [-0.1, -0.05) is 6.07 Å². The normalized spacial score (nSPS) is 18.6. The summed E-state index contributed by atoms with van der Waals surface area (Å²) in [7, 11) is 0. The van der Waals surface area contributed by atoms with Crippen LogP contribution >= 0.6 is 11.3 Å². The molecule has 0 bridgehead atoms. The summed E-state index contributed by atoms with van der Waals surface area (Å²) in [5, 5.41) is 3.95. The van der Waals surface area contributed by atoms with Gasteiger partial charge in [-0.15, -0.1) is 11.3 Å². The van der Waals surface area contributed by atoms with Crippen LogP contribution in [0, 0.1) is 6.92 Å². The molecule has 8 heteroatoms. The van der Waals surface area contributed by atoms with E-state index >= 15 is 0 Å². The molecule has 29 heavy (non-hydrogen) atoms. The van der Waals surface area contributed by atoms with Crippen molar-refractivity contribution in [1.29, 1.82) is 0 Å². The number of piperazine rings is 1. The Kier molecular flexibility index (Phi) is 4.67. The molecular formula is C21H24N6OS. The van der Waals surface area contributed by atoms with Gasteiger partial charge in [0.1, 0.15) is 0 Å². The lowest BCUT2D eigenvalue weighted by atomic mass is 10.1. The van der Waals surface area contributed by atoms with Gasteiger partial charge in [0.15, 0.2) is 0 Å². The van der Waals surface area contributed by atoms with Crippen LogP contribution in [0.3, 0.4) is 0 Å². The van der Waals surface area contributed by atoms with Crippen molar-refractivity contribution in [2.24, 2.45) is 0 Å². The highest BCUT2D eigenvalue weighted by molar-refractivity contribution is 7.18. The Balaban J connectivity index is 1.27. The molecule has 0 radical (unpaired) electrons. The van der Waals surface area contributed by atoms with Crippen LogP contribution in [0.1, 0.15) is 39.6 Å². The summed E-state index contributed by atoms with van der Waals surface area (Å²) in [6, 6.07) is 7.00. The van der Waals surface area contributed by atoms with Gasteiger partial charge in [-0.05, 0) is 31.5 Å². The number of rotatable bonds is 3. The van der Waals surface area contributed by atoms with Gasteiger partial charge in [0.05, 0.1) is 26.5 Å². The van der Waals surface area contributed by atoms with Gasteiger partial charge >= 0.3 is 0 Å². The fourth-order valence-electron chi connectivity index (χ4n) is 4.17. The van der Waals surface area contributed by atoms with Crippen LogP contribution in [-0.2, 0) is 6.42 Å². The number of anilines is 1. The maximum atomic E-state index is 11.9. The molecular weight excluding hydrogens is 384 g/mol. The average Bonchev–Trinajstić information content (AvgIpc) is 3.12. The van der Waals surface area contributed by atoms with Crippen molar-refractivity contribution < 1.29 is 4.79 Å². The van der Waals surface area contributed by atoms with Crippen molar-refractivity contribution in [3.63, 3.8) is 0 Å². The molecule has 7 nitrogen and oxygen atoms in total. The summed E-state index contributed by atoms with van der Waals surface area (Å²) in [4.78, 5) is 30.4. The van der Waals surface area contributed by atoms with Crippen LogP contribution < -0.4 is 10.2 Å². The standard InChI is InChI=1S/C21H24N6OS/c1-13(15-3-4-19-18(11-15)24-14(2)29-19)26-7-9-27(10-8-26)21-23-12-16-17(25-21)5-6-22-20(16)28/h3-4,11-13H,5-10H2,1-2H3,(H,22,28)/t13-/m1/s1. The van der Waals surface area contributed by atoms with Gasteiger partial charge in [-0.25, -0.2) is 15.0 Å². The van der Waals surface area contributed by atoms with Gasteiger partial charge in [-0.2, -0.15) is 0 Å². The highest BCUT2D eigenvalue weighted by atomic mass is 32.1. The lowest BCUT2D eigenvalue weighted by Gasteiger charge is -2.38. The van der Waals surface area contributed by atoms with E-state index < -0.39 is 0 Å². The van der Waals surface area contributed by atoms with Crippen molar-refractivity contribution >= 4 is 33.4 Å². The minimum atomic E-state index is -0.0660. The largest absolute Gasteiger partial charge is 0.352 e. The highest BCUT2D eigenvalue weighted by Crippen LogP contribution is 2.28. The zero-order valence-electron chi connectivity index (χ0n) is 16.7. The maximum Gasteiger partial charge on any atom is 0.254 e. The summed E-state index contributed by atoms with van der Waals surface area (Å²) in [6.45, 7) is 8.65. The molecule has 1 aromatic carbocycles. The van der Waals surface area contributed by atoms with Gasteiger partial charge in [-0.3, -0.25) is 9.69 Å². The van der Waals surface area contributed by atoms with Crippen LogP contribution in [0.4, 0.5) is 5.95 Å². The molecule has 0 saturated carbocycles. The second kappa shape index (κ2) is 7.35. The molecule has 4 heterocycles. The number of aryl methyl sites for hydroxylation is 1. The topological polar surface area (TPSA) is 74.2 Å². The number of fused-ring (bicyclic) bond motifs is 2. The third kappa shape index (κ3) is 3.47. The molecule has 2 aliphatic rings. The highest BCUT2D eigenvalue weighted by Gasteiger charge is 2.25. The molecule has 1 amide bonds. The Bertz CT molecular complexity index is 1070. The zero-order chi connectivity index (χ0) is 20.0. The minimum Gasteiger partial charge on any atom is -0.352 e. The van der Waals surface area contributed by atoms with E-state index in [2.05, 4.69) is 62.1 Å². The van der Waals surface area contributed by atoms with Gasteiger partial charge < -0.3 is 10.2 Å². The summed E-state index contributed by atoms with van der Waals surface area (Å²) in [6.07, 6.45) is 2.44. The van der Waals surface area contributed by atoms with E-state index in [1.165, 1.54) is 10.3 Å². The molecule has 1 atom stereocenters. The molecule has 1 saturated heterocycles. The van der Waals surface area contributed by atoms with Gasteiger partial charge in [0, 0.05) is 51.4 Å². The Hall–Kier alpha value is -2.58. The molecule has 2 aromatic heterocycles. The average molecular weight is 409 g/mol. The van der Waals surface area contributed by atoms with E-state index in [-0.39, 0.29) is 5.91 Å². The zero-order valence-corrected chi connectivity index (χ0v) is 17.5. The molecule has 3 aromatic rings. The first-order chi connectivity index (χ1) is 14.1. The third-order valence-corrected chi connectivity index (χ3v) is 6.84. The molecule has 1 N–H and O–H groups in total. The molecule has 150 valence electrons. The SMILES string of the molecule is Cc1nc2cc([C@@H](C)N3CCN(c4ncc5c(n4)CCNC5=O)CC3)ccc2s1. The van der Waals surface area contributed by atoms with E-state index in [4.69, 9.17) is 0 Å². The number of nitrogens with one attached hydrogen (secondary N) is 1. The number of hydrogen-bond acceptors (Lipinski definition) is 7. The van der Waals surface area contributed by atoms with Crippen LogP contribution in [0.5, 0.6) is 0 Å². The van der Waals surface area contributed by atoms with E-state index in [9.17, 15) is 4.79 Å². The Morgan fingerprint density at radius 2 is 2.00 bits per heavy atom. The second-order valence-electron chi connectivity index (χ2n) is 7.70. The third-order valence-electron chi connectivity index (χ3n) is 5.89. The summed E-state index contributed by atoms with van der Waals surface area (Å²) in [5.41, 5.74) is 3.88. The Labute approximate surface area is 173 Å². The first-order valence-electron chi connectivity index (χ1n) is 10.1. The molecule has 0 spiro atoms. The lowest BCUT2D eigenvalue weighted by Crippen LogP contribution is -2.48. The van der Waals surface area contributed by atoms with Gasteiger partial charge in [0.2, 0.25) is 5.95 Å². The fourth-order valence-corrected chi connectivity index (χ4v) is 4.98. The lowest BCUT2D eigenvalue weighted by molar-refractivity contribution is 0.0944. The molecule has 1 fully saturated rings. The monoisotopic (exact) mass is 408 g/mol. The summed E-state index contributed by atoms with van der Waals surface area (Å²) < 4.78 is 1.25. The Morgan fingerprint density at radius 3 is 2.83 bits per heavy atom. The van der Waals surface area contributed by atoms with Crippen LogP contribution in [0.25, 0.3) is 10.2 Å². The predicted molar refractivity (Wildman–Crippen MR) is 115 cm³/mol. The van der Waals surface area contributed by atoms with Crippen LogP contribution in [0.2, 0.25) is 0 Å². The minimum absolute atomic E-state index is 0.0660. The fraction of sp³-hybridized carbons (Fsp3) is 0.429. The van der Waals surface area contributed by atoms with E-state index in [1.54, 1.807) is 17.5 Å². The van der Waals surface area contributed by atoms with E-state index in [0.29, 0.717) is 18.2 Å². The number of hydrogen-bond donors (Lipinski definition) is 1. The van der Waals surface area contributed by atoms with Crippen molar-refractivity contribution in [1.82, 2.24) is 25.2 Å². The number of amides is 1. The number of benzene rings is 1. The van der Waals surface area contributed by atoms with Gasteiger partial charge in [0.25, 0.3) is 5.91 Å². The molecule has 5 rings (SSSR count). The van der Waals surface area contributed by atoms with Crippen LogP contribution in [-0.4, -0.2) is 58.5 Å². The van der Waals surface area contributed by atoms with E-state index in [1.807, 2.05) is 0 Å². The van der Waals surface area contributed by atoms with E-state index in [0.717, 1.165) is 54.8 Å². The van der Waals surface area contributed by atoms with Crippen molar-refractivity contribution in [2.45, 2.75) is 26.3 Å². The number of aromatic nitrogens is 3. The first kappa shape index (κ1) is 18.4. The molecule has 0 aliphatic carbocycles. The first-order valence-corrected chi connectivity index (χ1v) is 10.9. The molecule has 2 aliphatic heterocycles. The number of nitrogens with zero attached hydrogens (tertiary/aromatic N) is 5. The van der Waals surface area contributed by atoms with Crippen molar-refractivity contribution in [2.75, 3.05) is 37.6 Å². The second-order valence-corrected chi connectivity index (χ2v) is 8.93. The van der Waals surface area contributed by atoms with Crippen LogP contribution in [0.15, 0.2) is 24.4 Å². The smallest absolute Gasteiger partial charge is 0.254 e. The number of carbonyl (C=O) groups is 1. The number of carbonyl (C=O) groups excluding carboxylic acids is 1. The van der Waals surface area contributed by atoms with Crippen molar-refractivity contribution in [3.8, 4) is 0 Å². The predicted octanol–water partition coefficient (Wildman–Crippen LogP) is 2.56. The van der Waals surface area contributed by atoms with Crippen molar-refractivity contribution in [3.05, 3.63) is 46.2 Å². The quantitative estimate of drug-likeness (QED) is 0.718.